The van der Waals surface area contributed by atoms with E-state index < -0.39 is 0 Å². The third-order valence-corrected chi connectivity index (χ3v) is 1.34. The van der Waals surface area contributed by atoms with E-state index in [0.717, 1.165) is 10.6 Å². The van der Waals surface area contributed by atoms with Crippen LogP contribution in [-0.4, -0.2) is 15.8 Å². The number of nitrogens with zero attached hydrogens (tertiary/aromatic N) is 3. The Hall–Kier alpha value is -1.73. The minimum absolute atomic E-state index is 0.831. The highest BCUT2D eigenvalue weighted by molar-refractivity contribution is 5.55. The lowest BCUT2D eigenvalue weighted by Gasteiger charge is -1.80. The standard InChI is InChI=1S/C8H5N3/c1-2-8-7(4-9-3-1)5-10-6-11-8/h1-3,5-6H. The molecule has 0 saturated heterocycles. The number of aromatic nitrogens is 2. The van der Waals surface area contributed by atoms with Crippen molar-refractivity contribution in [1.82, 2.24) is 9.97 Å². The Morgan fingerprint density at radius 3 is 3.36 bits per heavy atom. The molecule has 0 spiro atoms. The second kappa shape index (κ2) is 2.48. The topological polar surface area (TPSA) is 38.1 Å². The van der Waals surface area contributed by atoms with Crippen LogP contribution in [0.15, 0.2) is 29.8 Å². The molecule has 0 aromatic carbocycles. The summed E-state index contributed by atoms with van der Waals surface area (Å²) < 4.78 is 0. The third-order valence-electron chi connectivity index (χ3n) is 1.34. The van der Waals surface area contributed by atoms with Gasteiger partial charge < -0.3 is 0 Å². The molecule has 1 aromatic rings. The molecule has 0 radical (unpaired) electrons. The van der Waals surface area contributed by atoms with E-state index in [0.29, 0.717) is 0 Å². The van der Waals surface area contributed by atoms with Gasteiger partial charge in [-0.25, -0.2) is 15.0 Å². The van der Waals surface area contributed by atoms with E-state index in [4.69, 9.17) is 0 Å². The maximum absolute atomic E-state index is 4.04. The van der Waals surface area contributed by atoms with Gasteiger partial charge in [0.05, 0.1) is 10.6 Å². The second-order valence-electron chi connectivity index (χ2n) is 2.07. The Morgan fingerprint density at radius 2 is 2.36 bits per heavy atom. The summed E-state index contributed by atoms with van der Waals surface area (Å²) in [5.74, 6) is 2.81. The Morgan fingerprint density at radius 1 is 1.36 bits per heavy atom. The molecule has 0 amide bonds. The molecule has 0 atom stereocenters. The predicted octanol–water partition coefficient (Wildman–Crippen LogP) is -0.874. The molecular formula is C8H5N3. The van der Waals surface area contributed by atoms with Crippen molar-refractivity contribution < 1.29 is 0 Å². The number of hydrogen-bond donors (Lipinski definition) is 0. The molecule has 0 aliphatic carbocycles. The predicted molar refractivity (Wildman–Crippen MR) is 41.4 cm³/mol. The van der Waals surface area contributed by atoms with Crippen LogP contribution in [0.4, 0.5) is 0 Å². The number of allylic oxidation sites excluding steroid dienone is 1. The van der Waals surface area contributed by atoms with Crippen LogP contribution in [0, 0.1) is 0 Å². The van der Waals surface area contributed by atoms with Gasteiger partial charge >= 0.3 is 0 Å². The van der Waals surface area contributed by atoms with E-state index in [2.05, 4.69) is 20.8 Å². The maximum atomic E-state index is 4.04. The zero-order chi connectivity index (χ0) is 7.52. The van der Waals surface area contributed by atoms with Crippen LogP contribution in [0.1, 0.15) is 0 Å². The van der Waals surface area contributed by atoms with Gasteiger partial charge in [0.2, 0.25) is 0 Å². The highest BCUT2D eigenvalue weighted by atomic mass is 14.8. The third kappa shape index (κ3) is 1.09. The van der Waals surface area contributed by atoms with Crippen molar-refractivity contribution in [2.75, 3.05) is 0 Å². The van der Waals surface area contributed by atoms with Crippen molar-refractivity contribution in [1.29, 1.82) is 0 Å². The molecule has 0 fully saturated rings. The van der Waals surface area contributed by atoms with E-state index in [9.17, 15) is 0 Å². The van der Waals surface area contributed by atoms with Gasteiger partial charge in [0.25, 0.3) is 0 Å². The monoisotopic (exact) mass is 143 g/mol. The molecule has 3 heteroatoms. The van der Waals surface area contributed by atoms with Gasteiger partial charge in [-0.2, -0.15) is 0 Å². The number of hydrogen-bond acceptors (Lipinski definition) is 3. The lowest BCUT2D eigenvalue weighted by Crippen LogP contribution is -2.28. The van der Waals surface area contributed by atoms with E-state index >= 15 is 0 Å². The largest absolute Gasteiger partial charge is 0.243 e. The first-order valence-corrected chi connectivity index (χ1v) is 3.22. The molecule has 2 rings (SSSR count). The zero-order valence-electron chi connectivity index (χ0n) is 5.73. The van der Waals surface area contributed by atoms with Crippen LogP contribution in [0.2, 0.25) is 0 Å². The normalized spacial score (nSPS) is 12.7. The first-order chi connectivity index (χ1) is 5.47. The van der Waals surface area contributed by atoms with Gasteiger partial charge in [-0.3, -0.25) is 0 Å². The molecule has 3 nitrogen and oxygen atoms in total. The summed E-state index contributed by atoms with van der Waals surface area (Å²) in [6.45, 7) is 0. The molecule has 0 bridgehead atoms. The molecule has 52 valence electrons. The van der Waals surface area contributed by atoms with E-state index in [-0.39, 0.29) is 0 Å². The van der Waals surface area contributed by atoms with E-state index in [1.54, 1.807) is 12.4 Å². The summed E-state index contributed by atoms with van der Waals surface area (Å²) in [7, 11) is 0. The van der Waals surface area contributed by atoms with Crippen molar-refractivity contribution in [3.05, 3.63) is 35.4 Å². The minimum atomic E-state index is 0.831. The average molecular weight is 143 g/mol. The van der Waals surface area contributed by atoms with Crippen LogP contribution in [0.3, 0.4) is 0 Å². The number of aliphatic imine (C=N–C) groups is 1. The van der Waals surface area contributed by atoms with Crippen LogP contribution < -0.4 is 10.6 Å². The van der Waals surface area contributed by atoms with Crippen LogP contribution in [0.25, 0.3) is 6.08 Å². The van der Waals surface area contributed by atoms with Crippen molar-refractivity contribution in [2.24, 2.45) is 4.99 Å². The summed E-state index contributed by atoms with van der Waals surface area (Å²) in [6, 6.07) is 0. The Labute approximate surface area is 63.2 Å². The van der Waals surface area contributed by atoms with Gasteiger partial charge in [-0.15, -0.1) is 0 Å². The Balaban J connectivity index is 2.99. The summed E-state index contributed by atoms with van der Waals surface area (Å²) >= 11 is 0. The Kier molecular flexibility index (Phi) is 1.36. The van der Waals surface area contributed by atoms with Crippen LogP contribution in [-0.2, 0) is 0 Å². The molecule has 0 unspecified atom stereocenters. The highest BCUT2D eigenvalue weighted by Gasteiger charge is 1.84. The van der Waals surface area contributed by atoms with Crippen LogP contribution >= 0.6 is 0 Å². The summed E-state index contributed by atoms with van der Waals surface area (Å²) in [5, 5.41) is 1.69. The van der Waals surface area contributed by atoms with Crippen molar-refractivity contribution in [3.63, 3.8) is 0 Å². The number of fused-ring (bicyclic) bond motifs is 1. The van der Waals surface area contributed by atoms with Gasteiger partial charge in [0.15, 0.2) is 0 Å². The van der Waals surface area contributed by atoms with Gasteiger partial charge in [-0.05, 0) is 18.0 Å². The summed E-state index contributed by atoms with van der Waals surface area (Å²) in [5.41, 5.74) is 0. The lowest BCUT2D eigenvalue weighted by atomic mass is 10.4. The molecule has 1 aromatic heterocycles. The second-order valence-corrected chi connectivity index (χ2v) is 2.07. The quantitative estimate of drug-likeness (QED) is 0.473. The molecule has 11 heavy (non-hydrogen) atoms. The average Bonchev–Trinajstić information content (AvgIpc) is 2.28. The van der Waals surface area contributed by atoms with Gasteiger partial charge in [0, 0.05) is 12.4 Å². The maximum Gasteiger partial charge on any atom is 0.116 e. The van der Waals surface area contributed by atoms with E-state index in [1.807, 2.05) is 12.2 Å². The van der Waals surface area contributed by atoms with Gasteiger partial charge in [-0.1, -0.05) is 0 Å². The minimum Gasteiger partial charge on any atom is -0.243 e. The van der Waals surface area contributed by atoms with Gasteiger partial charge in [0.1, 0.15) is 6.33 Å². The van der Waals surface area contributed by atoms with Crippen LogP contribution in [0.5, 0.6) is 0 Å². The number of rotatable bonds is 0. The molecular weight excluding hydrogens is 138 g/mol. The summed E-state index contributed by atoms with van der Waals surface area (Å²) in [4.78, 5) is 11.8. The molecule has 0 N–H and O–H groups in total. The molecule has 2 heterocycles. The smallest absolute Gasteiger partial charge is 0.116 e. The van der Waals surface area contributed by atoms with Crippen molar-refractivity contribution in [3.8, 4) is 0 Å². The summed E-state index contributed by atoms with van der Waals surface area (Å²) in [6.07, 6.45) is 8.57. The fourth-order valence-corrected chi connectivity index (χ4v) is 0.842. The SMILES string of the molecule is C1=NC=CC=c2ncncc2=1. The van der Waals surface area contributed by atoms with Crippen molar-refractivity contribution >= 4 is 11.9 Å². The molecule has 1 aliphatic heterocycles. The fourth-order valence-electron chi connectivity index (χ4n) is 0.842. The molecule has 0 saturated carbocycles. The fraction of sp³-hybridized carbons (Fsp3) is 0. The zero-order valence-corrected chi connectivity index (χ0v) is 5.73. The lowest BCUT2D eigenvalue weighted by molar-refractivity contribution is 1.10. The highest BCUT2D eigenvalue weighted by Crippen LogP contribution is 1.74. The first kappa shape index (κ1) is 6.01. The Bertz CT molecular complexity index is 439. The molecule has 1 aliphatic rings. The first-order valence-electron chi connectivity index (χ1n) is 3.22. The van der Waals surface area contributed by atoms with E-state index in [1.165, 1.54) is 6.33 Å². The van der Waals surface area contributed by atoms with Crippen molar-refractivity contribution in [2.45, 2.75) is 0 Å².